The second kappa shape index (κ2) is 6.76. The Morgan fingerprint density at radius 1 is 1.33 bits per heavy atom. The fourth-order valence-electron chi connectivity index (χ4n) is 3.61. The van der Waals surface area contributed by atoms with Gasteiger partial charge in [-0.15, -0.1) is 0 Å². The minimum absolute atomic E-state index is 0.248. The Morgan fingerprint density at radius 3 is 3.12 bits per heavy atom. The summed E-state index contributed by atoms with van der Waals surface area (Å²) in [4.78, 5) is 11.0. The topological polar surface area (TPSA) is 90.0 Å². The highest BCUT2D eigenvalue weighted by Crippen LogP contribution is 2.22. The Balaban J connectivity index is 1.35. The number of nitrogens with zero attached hydrogens (tertiary/aromatic N) is 4. The third-order valence-electron chi connectivity index (χ3n) is 4.92. The molecule has 2 aromatic rings. The van der Waals surface area contributed by atoms with Gasteiger partial charge in [-0.3, -0.25) is 5.10 Å². The Bertz CT molecular complexity index is 700. The van der Waals surface area contributed by atoms with Gasteiger partial charge in [0.15, 0.2) is 0 Å². The van der Waals surface area contributed by atoms with E-state index < -0.39 is 0 Å². The molecule has 7 heteroatoms. The molecule has 1 saturated heterocycles. The van der Waals surface area contributed by atoms with Gasteiger partial charge in [0.2, 0.25) is 5.95 Å². The maximum atomic E-state index is 9.66. The molecule has 0 aromatic carbocycles. The minimum Gasteiger partial charge on any atom is -0.391 e. The number of fused-ring (bicyclic) bond motifs is 1. The lowest BCUT2D eigenvalue weighted by Crippen LogP contribution is -2.22. The van der Waals surface area contributed by atoms with Gasteiger partial charge in [0, 0.05) is 37.9 Å². The molecule has 0 saturated carbocycles. The molecule has 1 fully saturated rings. The van der Waals surface area contributed by atoms with Crippen molar-refractivity contribution in [3.05, 3.63) is 29.2 Å². The Morgan fingerprint density at radius 2 is 2.25 bits per heavy atom. The maximum Gasteiger partial charge on any atom is 0.224 e. The van der Waals surface area contributed by atoms with Crippen LogP contribution in [0.3, 0.4) is 0 Å². The molecule has 1 aliphatic carbocycles. The Hall–Kier alpha value is -2.15. The molecule has 24 heavy (non-hydrogen) atoms. The van der Waals surface area contributed by atoms with Gasteiger partial charge >= 0.3 is 0 Å². The van der Waals surface area contributed by atoms with Gasteiger partial charge in [0.05, 0.1) is 11.8 Å². The lowest BCUT2D eigenvalue weighted by Gasteiger charge is -2.17. The second-order valence-electron chi connectivity index (χ2n) is 6.64. The summed E-state index contributed by atoms with van der Waals surface area (Å²) in [5.74, 6) is 1.51. The Kier molecular flexibility index (Phi) is 4.34. The van der Waals surface area contributed by atoms with Gasteiger partial charge in [-0.05, 0) is 43.7 Å². The smallest absolute Gasteiger partial charge is 0.224 e. The number of aliphatic hydroxyl groups is 1. The number of β-amino-alcohol motifs (C(OH)–C–C–N with tert-alkyl or cyclic N) is 1. The summed E-state index contributed by atoms with van der Waals surface area (Å²) in [6.07, 6.45) is 8.00. The van der Waals surface area contributed by atoms with Crippen molar-refractivity contribution in [2.45, 2.75) is 44.6 Å². The number of aromatic nitrogens is 4. The quantitative estimate of drug-likeness (QED) is 0.767. The molecule has 4 rings (SSSR count). The first kappa shape index (κ1) is 15.4. The maximum absolute atomic E-state index is 9.66. The van der Waals surface area contributed by atoms with Crippen molar-refractivity contribution < 1.29 is 5.11 Å². The van der Waals surface area contributed by atoms with E-state index >= 15 is 0 Å². The first-order valence-corrected chi connectivity index (χ1v) is 8.84. The van der Waals surface area contributed by atoms with Crippen LogP contribution in [0, 0.1) is 0 Å². The first-order chi connectivity index (χ1) is 11.8. The zero-order valence-electron chi connectivity index (χ0n) is 13.8. The van der Waals surface area contributed by atoms with E-state index in [1.165, 1.54) is 29.8 Å². The van der Waals surface area contributed by atoms with Crippen LogP contribution < -0.4 is 10.2 Å². The van der Waals surface area contributed by atoms with E-state index in [0.717, 1.165) is 44.6 Å². The number of hydrogen-bond acceptors (Lipinski definition) is 6. The van der Waals surface area contributed by atoms with Crippen LogP contribution in [-0.2, 0) is 19.3 Å². The van der Waals surface area contributed by atoms with Crippen LogP contribution in [0.25, 0.3) is 0 Å². The van der Waals surface area contributed by atoms with Crippen molar-refractivity contribution in [2.24, 2.45) is 0 Å². The summed E-state index contributed by atoms with van der Waals surface area (Å²) in [7, 11) is 0. The van der Waals surface area contributed by atoms with Crippen molar-refractivity contribution in [1.29, 1.82) is 0 Å². The SMILES string of the molecule is OC1CCN(c2ccnc(NCCc3n[nH]c4c3CCCC4)n2)C1. The van der Waals surface area contributed by atoms with E-state index in [2.05, 4.69) is 30.4 Å². The van der Waals surface area contributed by atoms with Crippen molar-refractivity contribution >= 4 is 11.8 Å². The second-order valence-corrected chi connectivity index (χ2v) is 6.64. The average Bonchev–Trinajstić information content (AvgIpc) is 3.22. The molecular formula is C17H24N6O. The molecule has 0 radical (unpaired) electrons. The first-order valence-electron chi connectivity index (χ1n) is 8.84. The van der Waals surface area contributed by atoms with Gasteiger partial charge in [-0.2, -0.15) is 10.1 Å². The monoisotopic (exact) mass is 328 g/mol. The fourth-order valence-corrected chi connectivity index (χ4v) is 3.61. The predicted molar refractivity (Wildman–Crippen MR) is 92.3 cm³/mol. The fraction of sp³-hybridized carbons (Fsp3) is 0.588. The molecule has 0 spiro atoms. The summed E-state index contributed by atoms with van der Waals surface area (Å²) >= 11 is 0. The van der Waals surface area contributed by atoms with E-state index in [4.69, 9.17) is 0 Å². The van der Waals surface area contributed by atoms with Gasteiger partial charge in [-0.25, -0.2) is 4.98 Å². The van der Waals surface area contributed by atoms with Gasteiger partial charge in [0.25, 0.3) is 0 Å². The molecule has 1 unspecified atom stereocenters. The number of aromatic amines is 1. The zero-order chi connectivity index (χ0) is 16.4. The normalized spacial score (nSPS) is 20.2. The molecule has 0 bridgehead atoms. The summed E-state index contributed by atoms with van der Waals surface area (Å²) in [6, 6.07) is 1.90. The average molecular weight is 328 g/mol. The molecule has 0 amide bonds. The number of H-pyrrole nitrogens is 1. The standard InChI is InChI=1S/C17H24N6O/c24-12-7-10-23(11-12)16-6-9-19-17(20-16)18-8-5-15-13-3-1-2-4-14(13)21-22-15/h6,9,12,24H,1-5,7-8,10-11H2,(H,21,22)(H,18,19,20). The van der Waals surface area contributed by atoms with Crippen molar-refractivity contribution in [2.75, 3.05) is 29.9 Å². The molecule has 1 atom stereocenters. The van der Waals surface area contributed by atoms with Crippen molar-refractivity contribution in [3.8, 4) is 0 Å². The van der Waals surface area contributed by atoms with E-state index in [1.54, 1.807) is 6.20 Å². The summed E-state index contributed by atoms with van der Waals surface area (Å²) in [5.41, 5.74) is 3.92. The van der Waals surface area contributed by atoms with Crippen LogP contribution in [0.5, 0.6) is 0 Å². The van der Waals surface area contributed by atoms with Crippen LogP contribution in [0.1, 0.15) is 36.2 Å². The highest BCUT2D eigenvalue weighted by Gasteiger charge is 2.21. The lowest BCUT2D eigenvalue weighted by molar-refractivity contribution is 0.198. The number of aliphatic hydroxyl groups excluding tert-OH is 1. The molecule has 7 nitrogen and oxygen atoms in total. The molecule has 2 aromatic heterocycles. The Labute approximate surface area is 141 Å². The lowest BCUT2D eigenvalue weighted by atomic mass is 9.95. The molecule has 1 aliphatic heterocycles. The number of hydrogen-bond donors (Lipinski definition) is 3. The third-order valence-corrected chi connectivity index (χ3v) is 4.92. The zero-order valence-corrected chi connectivity index (χ0v) is 13.8. The molecule has 2 aliphatic rings. The van der Waals surface area contributed by atoms with E-state index in [0.29, 0.717) is 12.5 Å². The molecule has 3 N–H and O–H groups in total. The third kappa shape index (κ3) is 3.21. The molecule has 128 valence electrons. The summed E-state index contributed by atoms with van der Waals surface area (Å²) < 4.78 is 0. The van der Waals surface area contributed by atoms with Crippen molar-refractivity contribution in [3.63, 3.8) is 0 Å². The van der Waals surface area contributed by atoms with E-state index in [1.807, 2.05) is 6.07 Å². The van der Waals surface area contributed by atoms with Crippen LogP contribution in [0.4, 0.5) is 11.8 Å². The largest absolute Gasteiger partial charge is 0.391 e. The van der Waals surface area contributed by atoms with Gasteiger partial charge in [-0.1, -0.05) is 0 Å². The molecule has 3 heterocycles. The van der Waals surface area contributed by atoms with E-state index in [9.17, 15) is 5.11 Å². The summed E-state index contributed by atoms with van der Waals surface area (Å²) in [6.45, 7) is 2.26. The van der Waals surface area contributed by atoms with Crippen LogP contribution in [-0.4, -0.2) is 51.0 Å². The minimum atomic E-state index is -0.248. The van der Waals surface area contributed by atoms with E-state index in [-0.39, 0.29) is 6.10 Å². The van der Waals surface area contributed by atoms with Gasteiger partial charge in [0.1, 0.15) is 5.82 Å². The van der Waals surface area contributed by atoms with Crippen molar-refractivity contribution in [1.82, 2.24) is 20.2 Å². The van der Waals surface area contributed by atoms with Crippen LogP contribution in [0.2, 0.25) is 0 Å². The highest BCUT2D eigenvalue weighted by molar-refractivity contribution is 5.43. The molecular weight excluding hydrogens is 304 g/mol. The predicted octanol–water partition coefficient (Wildman–Crippen LogP) is 1.30. The van der Waals surface area contributed by atoms with Gasteiger partial charge < -0.3 is 15.3 Å². The van der Waals surface area contributed by atoms with Crippen LogP contribution in [0.15, 0.2) is 12.3 Å². The summed E-state index contributed by atoms with van der Waals surface area (Å²) in [5, 5.41) is 20.6. The number of anilines is 2. The highest BCUT2D eigenvalue weighted by atomic mass is 16.3. The van der Waals surface area contributed by atoms with Crippen LogP contribution >= 0.6 is 0 Å². The number of aryl methyl sites for hydroxylation is 1. The number of nitrogens with one attached hydrogen (secondary N) is 2. The number of rotatable bonds is 5.